The van der Waals surface area contributed by atoms with Crippen LogP contribution in [-0.4, -0.2) is 48.5 Å². The van der Waals surface area contributed by atoms with Crippen molar-refractivity contribution in [2.75, 3.05) is 6.54 Å². The quantitative estimate of drug-likeness (QED) is 0.291. The summed E-state index contributed by atoms with van der Waals surface area (Å²) in [5.41, 5.74) is 4.64. The number of hydrogen-bond donors (Lipinski definition) is 3. The molecule has 0 radical (unpaired) electrons. The molecule has 0 aliphatic carbocycles. The third kappa shape index (κ3) is 6.32. The second-order valence-electron chi connectivity index (χ2n) is 10.3. The van der Waals surface area contributed by atoms with Crippen LogP contribution in [0.25, 0.3) is 11.0 Å². The van der Waals surface area contributed by atoms with Gasteiger partial charge in [-0.15, -0.1) is 11.3 Å². The van der Waals surface area contributed by atoms with Crippen molar-refractivity contribution in [3.05, 3.63) is 75.3 Å². The number of thiazole rings is 1. The summed E-state index contributed by atoms with van der Waals surface area (Å²) in [4.78, 5) is 43.0. The Morgan fingerprint density at radius 2 is 1.95 bits per heavy atom. The Balaban J connectivity index is 1.49. The molecule has 0 fully saturated rings. The number of carboxylic acid groups (broad SMARTS) is 1. The van der Waals surface area contributed by atoms with E-state index >= 15 is 0 Å². The van der Waals surface area contributed by atoms with E-state index in [9.17, 15) is 14.7 Å². The van der Waals surface area contributed by atoms with E-state index in [0.29, 0.717) is 18.1 Å². The van der Waals surface area contributed by atoms with Crippen LogP contribution in [0, 0.1) is 19.3 Å². The molecule has 0 spiro atoms. The second-order valence-corrected chi connectivity index (χ2v) is 11.2. The average molecular weight is 521 g/mol. The van der Waals surface area contributed by atoms with E-state index in [0.717, 1.165) is 32.9 Å². The number of hydrogen-bond acceptors (Lipinski definition) is 6. The van der Waals surface area contributed by atoms with Crippen LogP contribution in [-0.2, 0) is 13.1 Å². The zero-order chi connectivity index (χ0) is 26.7. The number of fused-ring (bicyclic) bond motifs is 1. The summed E-state index contributed by atoms with van der Waals surface area (Å²) < 4.78 is 0. The summed E-state index contributed by atoms with van der Waals surface area (Å²) in [5.74, 6) is 0.0897. The number of nitrogens with zero attached hydrogens (tertiary/aromatic N) is 4. The van der Waals surface area contributed by atoms with Gasteiger partial charge in [0.15, 0.2) is 0 Å². The van der Waals surface area contributed by atoms with E-state index < -0.39 is 6.09 Å². The number of aromatic nitrogens is 4. The first-order valence-corrected chi connectivity index (χ1v) is 13.0. The van der Waals surface area contributed by atoms with Crippen LogP contribution in [0.3, 0.4) is 0 Å². The van der Waals surface area contributed by atoms with Gasteiger partial charge in [-0.25, -0.2) is 14.8 Å². The van der Waals surface area contributed by atoms with E-state index in [4.69, 9.17) is 0 Å². The zero-order valence-corrected chi connectivity index (χ0v) is 22.5. The maximum Gasteiger partial charge on any atom is 0.407 e. The standard InChI is InChI=1S/C27H32N6O3S/c1-16-10-17(2)28-11-18(16)12-29-24(34)22-15-37-25(32-22)19(27(3,4)5)13-33(26(35)36)14-23-30-20-8-6-7-9-21(20)31-23/h6-11,15,19H,12-14H2,1-5H3,(H,29,34)(H,30,31)(H,35,36). The second kappa shape index (κ2) is 10.7. The molecule has 3 N–H and O–H groups in total. The Morgan fingerprint density at radius 1 is 1.19 bits per heavy atom. The van der Waals surface area contributed by atoms with E-state index in [1.807, 2.05) is 65.0 Å². The summed E-state index contributed by atoms with van der Waals surface area (Å²) in [6.45, 7) is 10.8. The highest BCUT2D eigenvalue weighted by Crippen LogP contribution is 2.37. The van der Waals surface area contributed by atoms with Gasteiger partial charge in [0, 0.05) is 36.3 Å². The fourth-order valence-electron chi connectivity index (χ4n) is 4.14. The van der Waals surface area contributed by atoms with E-state index in [-0.39, 0.29) is 30.3 Å². The van der Waals surface area contributed by atoms with Crippen molar-refractivity contribution in [1.82, 2.24) is 30.2 Å². The van der Waals surface area contributed by atoms with Crippen molar-refractivity contribution in [2.45, 2.75) is 53.6 Å². The number of carbonyl (C=O) groups is 2. The van der Waals surface area contributed by atoms with Crippen molar-refractivity contribution in [1.29, 1.82) is 0 Å². The number of para-hydroxylation sites is 2. The van der Waals surface area contributed by atoms with Crippen LogP contribution < -0.4 is 5.32 Å². The molecule has 1 aromatic carbocycles. The van der Waals surface area contributed by atoms with E-state index in [2.05, 4.69) is 25.3 Å². The van der Waals surface area contributed by atoms with Crippen molar-refractivity contribution in [3.63, 3.8) is 0 Å². The molecule has 0 saturated carbocycles. The molecule has 1 unspecified atom stereocenters. The Labute approximate surface area is 220 Å². The third-order valence-electron chi connectivity index (χ3n) is 6.35. The topological polar surface area (TPSA) is 124 Å². The van der Waals surface area contributed by atoms with Gasteiger partial charge in [0.25, 0.3) is 5.91 Å². The number of aryl methyl sites for hydroxylation is 2. The summed E-state index contributed by atoms with van der Waals surface area (Å²) >= 11 is 1.38. The summed E-state index contributed by atoms with van der Waals surface area (Å²) in [6.07, 6.45) is 0.738. The first-order chi connectivity index (χ1) is 17.5. The molecular weight excluding hydrogens is 488 g/mol. The summed E-state index contributed by atoms with van der Waals surface area (Å²) in [6, 6.07) is 9.58. The molecule has 4 rings (SSSR count). The van der Waals surface area contributed by atoms with Crippen molar-refractivity contribution in [3.8, 4) is 0 Å². The van der Waals surface area contributed by atoms with E-state index in [1.165, 1.54) is 16.2 Å². The fraction of sp³-hybridized carbons (Fsp3) is 0.370. The number of benzene rings is 1. The molecule has 2 amide bonds. The van der Waals surface area contributed by atoms with Crippen LogP contribution in [0.5, 0.6) is 0 Å². The minimum atomic E-state index is -1.04. The van der Waals surface area contributed by atoms with Gasteiger partial charge in [-0.2, -0.15) is 0 Å². The molecule has 37 heavy (non-hydrogen) atoms. The van der Waals surface area contributed by atoms with E-state index in [1.54, 1.807) is 11.6 Å². The predicted octanol–water partition coefficient (Wildman–Crippen LogP) is 5.27. The fourth-order valence-corrected chi connectivity index (χ4v) is 5.28. The number of rotatable bonds is 8. The SMILES string of the molecule is Cc1cc(C)c(CNC(=O)c2csc(C(CN(Cc3nc4ccccc4[nH]3)C(=O)O)C(C)(C)C)n2)cn1. The Kier molecular flexibility index (Phi) is 7.58. The highest BCUT2D eigenvalue weighted by Gasteiger charge is 2.33. The number of aromatic amines is 1. The minimum absolute atomic E-state index is 0.124. The van der Waals surface area contributed by atoms with Gasteiger partial charge < -0.3 is 20.3 Å². The lowest BCUT2D eigenvalue weighted by Gasteiger charge is -2.32. The lowest BCUT2D eigenvalue weighted by molar-refractivity contribution is 0.0945. The van der Waals surface area contributed by atoms with Crippen molar-refractivity contribution in [2.24, 2.45) is 5.41 Å². The lowest BCUT2D eigenvalue weighted by atomic mass is 9.80. The Morgan fingerprint density at radius 3 is 2.62 bits per heavy atom. The number of nitrogens with one attached hydrogen (secondary N) is 2. The molecule has 3 heterocycles. The van der Waals surface area contributed by atoms with Gasteiger partial charge in [-0.05, 0) is 48.6 Å². The number of H-pyrrole nitrogens is 1. The van der Waals surface area contributed by atoms with Crippen LogP contribution in [0.2, 0.25) is 0 Å². The maximum absolute atomic E-state index is 12.8. The molecule has 0 aliphatic rings. The molecule has 4 aromatic rings. The largest absolute Gasteiger partial charge is 0.465 e. The van der Waals surface area contributed by atoms with Gasteiger partial charge in [0.05, 0.1) is 22.6 Å². The number of amides is 2. The van der Waals surface area contributed by atoms with Gasteiger partial charge in [0.2, 0.25) is 0 Å². The van der Waals surface area contributed by atoms with Crippen LogP contribution in [0.1, 0.15) is 64.8 Å². The highest BCUT2D eigenvalue weighted by molar-refractivity contribution is 7.10. The average Bonchev–Trinajstić information content (AvgIpc) is 3.47. The molecular formula is C27H32N6O3S. The Bertz CT molecular complexity index is 1390. The van der Waals surface area contributed by atoms with Gasteiger partial charge in [0.1, 0.15) is 11.5 Å². The molecule has 0 bridgehead atoms. The third-order valence-corrected chi connectivity index (χ3v) is 7.30. The normalized spacial score (nSPS) is 12.5. The molecule has 0 saturated heterocycles. The smallest absolute Gasteiger partial charge is 0.407 e. The Hall–Kier alpha value is -3.79. The van der Waals surface area contributed by atoms with Crippen LogP contribution in [0.4, 0.5) is 4.79 Å². The minimum Gasteiger partial charge on any atom is -0.465 e. The van der Waals surface area contributed by atoms with Crippen LogP contribution in [0.15, 0.2) is 41.9 Å². The molecule has 10 heteroatoms. The number of imidazole rings is 1. The highest BCUT2D eigenvalue weighted by atomic mass is 32.1. The van der Waals surface area contributed by atoms with Crippen molar-refractivity contribution < 1.29 is 14.7 Å². The molecule has 194 valence electrons. The molecule has 0 aliphatic heterocycles. The molecule has 3 aromatic heterocycles. The predicted molar refractivity (Wildman–Crippen MR) is 144 cm³/mol. The maximum atomic E-state index is 12.8. The monoisotopic (exact) mass is 520 g/mol. The molecule has 9 nitrogen and oxygen atoms in total. The van der Waals surface area contributed by atoms with Gasteiger partial charge in [-0.1, -0.05) is 32.9 Å². The summed E-state index contributed by atoms with van der Waals surface area (Å²) in [7, 11) is 0. The number of carbonyl (C=O) groups excluding carboxylic acids is 1. The zero-order valence-electron chi connectivity index (χ0n) is 21.7. The summed E-state index contributed by atoms with van der Waals surface area (Å²) in [5, 5.41) is 15.4. The van der Waals surface area contributed by atoms with Gasteiger partial charge in [-0.3, -0.25) is 9.78 Å². The molecule has 1 atom stereocenters. The van der Waals surface area contributed by atoms with Crippen LogP contribution >= 0.6 is 11.3 Å². The van der Waals surface area contributed by atoms with Gasteiger partial charge >= 0.3 is 6.09 Å². The number of pyridine rings is 1. The lowest BCUT2D eigenvalue weighted by Crippen LogP contribution is -2.37. The first-order valence-electron chi connectivity index (χ1n) is 12.1. The van der Waals surface area contributed by atoms with Crippen molar-refractivity contribution >= 4 is 34.4 Å². The first kappa shape index (κ1) is 26.3.